The summed E-state index contributed by atoms with van der Waals surface area (Å²) >= 11 is 0. The summed E-state index contributed by atoms with van der Waals surface area (Å²) in [6, 6.07) is 22.3. The summed E-state index contributed by atoms with van der Waals surface area (Å²) in [6.07, 6.45) is -2.82. The van der Waals surface area contributed by atoms with Gasteiger partial charge in [0, 0.05) is 11.1 Å². The number of benzene rings is 3. The van der Waals surface area contributed by atoms with Crippen molar-refractivity contribution >= 4 is 10.0 Å². The van der Waals surface area contributed by atoms with Gasteiger partial charge in [0.1, 0.15) is 5.69 Å². The van der Waals surface area contributed by atoms with Crippen molar-refractivity contribution in [3.05, 3.63) is 90.1 Å². The van der Waals surface area contributed by atoms with E-state index in [-0.39, 0.29) is 16.0 Å². The van der Waals surface area contributed by atoms with E-state index in [4.69, 9.17) is 5.14 Å². The summed E-state index contributed by atoms with van der Waals surface area (Å²) in [4.78, 5) is -0.0628. The van der Waals surface area contributed by atoms with Gasteiger partial charge in [-0.15, -0.1) is 0 Å². The largest absolute Gasteiger partial charge is 0.282 e. The fraction of sp³-hybridized carbons (Fsp3) is 0.192. The highest BCUT2D eigenvalue weighted by molar-refractivity contribution is 7.89. The van der Waals surface area contributed by atoms with Crippen LogP contribution in [0.1, 0.15) is 38.5 Å². The first-order valence-corrected chi connectivity index (χ1v) is 12.2. The monoisotopic (exact) mass is 481 g/mol. The van der Waals surface area contributed by atoms with Crippen LogP contribution in [0.2, 0.25) is 0 Å². The Bertz CT molecular complexity index is 1410. The molecule has 176 valence electrons. The van der Waals surface area contributed by atoms with E-state index in [1.54, 1.807) is 36.4 Å². The van der Waals surface area contributed by atoms with Crippen molar-refractivity contribution in [1.82, 2.24) is 9.78 Å². The molecule has 2 N–H and O–H groups in total. The summed E-state index contributed by atoms with van der Waals surface area (Å²) in [6.45, 7) is 6.25. The molecule has 34 heavy (non-hydrogen) atoms. The standard InChI is InChI=1S/C26H25F2N3O2S/c1-26(2,3)19-13-9-17(10-14-19)22-23(25(27)28)30-31(20-7-5-4-6-8-20)24(22)18-11-15-21(16-12-18)34(29,32)33/h4-16,25H,1-3H3,(H2,29,32,33). The van der Waals surface area contributed by atoms with Crippen LogP contribution in [0.3, 0.4) is 0 Å². The van der Waals surface area contributed by atoms with E-state index in [1.165, 1.54) is 16.8 Å². The van der Waals surface area contributed by atoms with E-state index >= 15 is 0 Å². The van der Waals surface area contributed by atoms with E-state index < -0.39 is 16.4 Å². The first-order valence-electron chi connectivity index (χ1n) is 10.7. The Morgan fingerprint density at radius 1 is 0.853 bits per heavy atom. The zero-order valence-electron chi connectivity index (χ0n) is 19.0. The second-order valence-electron chi connectivity index (χ2n) is 9.05. The van der Waals surface area contributed by atoms with Crippen molar-refractivity contribution in [3.8, 4) is 28.1 Å². The maximum atomic E-state index is 14.3. The molecule has 5 nitrogen and oxygen atoms in total. The van der Waals surface area contributed by atoms with E-state index in [1.807, 2.05) is 30.3 Å². The van der Waals surface area contributed by atoms with Gasteiger partial charge < -0.3 is 0 Å². The van der Waals surface area contributed by atoms with Crippen LogP contribution in [0, 0.1) is 0 Å². The van der Waals surface area contributed by atoms with Gasteiger partial charge >= 0.3 is 0 Å². The first kappa shape index (κ1) is 23.8. The van der Waals surface area contributed by atoms with Crippen molar-refractivity contribution < 1.29 is 17.2 Å². The molecule has 3 aromatic carbocycles. The van der Waals surface area contributed by atoms with Crippen LogP contribution in [0.15, 0.2) is 83.8 Å². The van der Waals surface area contributed by atoms with Crippen LogP contribution in [0.4, 0.5) is 8.78 Å². The second-order valence-corrected chi connectivity index (χ2v) is 10.6. The molecule has 8 heteroatoms. The molecule has 0 saturated heterocycles. The van der Waals surface area contributed by atoms with Gasteiger partial charge in [-0.1, -0.05) is 75.4 Å². The van der Waals surface area contributed by atoms with Crippen LogP contribution in [0.25, 0.3) is 28.1 Å². The zero-order valence-corrected chi connectivity index (χ0v) is 19.9. The SMILES string of the molecule is CC(C)(C)c1ccc(-c2c(C(F)F)nn(-c3ccccc3)c2-c2ccc(S(N)(=O)=O)cc2)cc1. The normalized spacial score (nSPS) is 12.3. The number of alkyl halides is 2. The highest BCUT2D eigenvalue weighted by Crippen LogP contribution is 2.41. The number of sulfonamides is 1. The molecule has 0 saturated carbocycles. The summed E-state index contributed by atoms with van der Waals surface area (Å²) in [7, 11) is -3.90. The van der Waals surface area contributed by atoms with Crippen molar-refractivity contribution in [2.75, 3.05) is 0 Å². The summed E-state index contributed by atoms with van der Waals surface area (Å²) in [5, 5.41) is 9.53. The van der Waals surface area contributed by atoms with Crippen molar-refractivity contribution in [1.29, 1.82) is 0 Å². The Hall–Kier alpha value is -3.36. The van der Waals surface area contributed by atoms with Gasteiger partial charge in [-0.2, -0.15) is 5.10 Å². The lowest BCUT2D eigenvalue weighted by Crippen LogP contribution is -2.11. The molecule has 0 aliphatic heterocycles. The molecule has 4 aromatic rings. The van der Waals surface area contributed by atoms with Crippen molar-refractivity contribution in [2.24, 2.45) is 5.14 Å². The van der Waals surface area contributed by atoms with E-state index in [0.29, 0.717) is 28.1 Å². The highest BCUT2D eigenvalue weighted by atomic mass is 32.2. The number of primary sulfonamides is 1. The lowest BCUT2D eigenvalue weighted by molar-refractivity contribution is 0.146. The Morgan fingerprint density at radius 3 is 1.91 bits per heavy atom. The molecule has 4 rings (SSSR count). The third-order valence-corrected chi connectivity index (χ3v) is 6.55. The minimum atomic E-state index is -3.90. The third-order valence-electron chi connectivity index (χ3n) is 5.62. The van der Waals surface area contributed by atoms with Gasteiger partial charge in [-0.3, -0.25) is 0 Å². The molecule has 0 atom stereocenters. The Morgan fingerprint density at radius 2 is 1.41 bits per heavy atom. The van der Waals surface area contributed by atoms with Gasteiger partial charge in [0.2, 0.25) is 10.0 Å². The summed E-state index contributed by atoms with van der Waals surface area (Å²) < 4.78 is 53.4. The molecule has 0 radical (unpaired) electrons. The maximum Gasteiger partial charge on any atom is 0.282 e. The number of para-hydroxylation sites is 1. The molecule has 0 spiro atoms. The second kappa shape index (κ2) is 8.77. The Labute approximate surface area is 197 Å². The predicted octanol–water partition coefficient (Wildman–Crippen LogP) is 6.09. The smallest absolute Gasteiger partial charge is 0.232 e. The van der Waals surface area contributed by atoms with Crippen molar-refractivity contribution in [2.45, 2.75) is 37.5 Å². The van der Waals surface area contributed by atoms with E-state index in [9.17, 15) is 17.2 Å². The topological polar surface area (TPSA) is 78.0 Å². The van der Waals surface area contributed by atoms with Crippen LogP contribution in [-0.2, 0) is 15.4 Å². The van der Waals surface area contributed by atoms with Crippen LogP contribution >= 0.6 is 0 Å². The fourth-order valence-corrected chi connectivity index (χ4v) is 4.35. The molecule has 0 aliphatic carbocycles. The maximum absolute atomic E-state index is 14.3. The molecular weight excluding hydrogens is 456 g/mol. The van der Waals surface area contributed by atoms with Gasteiger partial charge in [0.05, 0.1) is 16.3 Å². The molecule has 0 aliphatic rings. The average molecular weight is 482 g/mol. The quantitative estimate of drug-likeness (QED) is 0.375. The summed E-state index contributed by atoms with van der Waals surface area (Å²) in [5.74, 6) is 0. The van der Waals surface area contributed by atoms with Gasteiger partial charge in [0.15, 0.2) is 0 Å². The van der Waals surface area contributed by atoms with E-state index in [0.717, 1.165) is 5.56 Å². The van der Waals surface area contributed by atoms with Crippen LogP contribution in [0.5, 0.6) is 0 Å². The number of nitrogens with two attached hydrogens (primary N) is 1. The molecule has 0 amide bonds. The van der Waals surface area contributed by atoms with E-state index in [2.05, 4.69) is 25.9 Å². The Balaban J connectivity index is 2.01. The predicted molar refractivity (Wildman–Crippen MR) is 129 cm³/mol. The molecule has 1 aromatic heterocycles. The van der Waals surface area contributed by atoms with Crippen LogP contribution < -0.4 is 5.14 Å². The molecule has 0 fully saturated rings. The lowest BCUT2D eigenvalue weighted by atomic mass is 9.86. The number of rotatable bonds is 5. The average Bonchev–Trinajstić information content (AvgIpc) is 3.20. The summed E-state index contributed by atoms with van der Waals surface area (Å²) in [5.41, 5.74) is 3.09. The number of hydrogen-bond acceptors (Lipinski definition) is 3. The number of halogens is 2. The highest BCUT2D eigenvalue weighted by Gasteiger charge is 2.27. The molecule has 0 bridgehead atoms. The van der Waals surface area contributed by atoms with Gasteiger partial charge in [-0.25, -0.2) is 27.0 Å². The zero-order chi connectivity index (χ0) is 24.7. The number of hydrogen-bond donors (Lipinski definition) is 1. The van der Waals surface area contributed by atoms with Gasteiger partial charge in [-0.05, 0) is 40.8 Å². The Kier molecular flexibility index (Phi) is 6.14. The van der Waals surface area contributed by atoms with Crippen molar-refractivity contribution in [3.63, 3.8) is 0 Å². The minimum Gasteiger partial charge on any atom is -0.232 e. The molecule has 0 unspecified atom stereocenters. The molecule has 1 heterocycles. The lowest BCUT2D eigenvalue weighted by Gasteiger charge is -2.19. The number of nitrogens with zero attached hydrogens (tertiary/aromatic N) is 2. The van der Waals surface area contributed by atoms with Crippen LogP contribution in [-0.4, -0.2) is 18.2 Å². The number of aromatic nitrogens is 2. The minimum absolute atomic E-state index is 0.0628. The van der Waals surface area contributed by atoms with Gasteiger partial charge in [0.25, 0.3) is 6.43 Å². The first-order chi connectivity index (χ1) is 16.0. The molecular formula is C26H25F2N3O2S. The third kappa shape index (κ3) is 4.64. The fourth-order valence-electron chi connectivity index (χ4n) is 3.83.